The van der Waals surface area contributed by atoms with E-state index in [0.29, 0.717) is 17.9 Å². The topological polar surface area (TPSA) is 72.9 Å². The summed E-state index contributed by atoms with van der Waals surface area (Å²) in [5, 5.41) is 7.09. The summed E-state index contributed by atoms with van der Waals surface area (Å²) in [6.07, 6.45) is 3.08. The highest BCUT2D eigenvalue weighted by Gasteiger charge is 2.08. The highest BCUT2D eigenvalue weighted by Crippen LogP contribution is 2.22. The van der Waals surface area contributed by atoms with Gasteiger partial charge in [-0.3, -0.25) is 4.79 Å². The first-order valence-corrected chi connectivity index (χ1v) is 5.98. The summed E-state index contributed by atoms with van der Waals surface area (Å²) in [5.41, 5.74) is 7.12. The molecule has 2 rings (SSSR count). The summed E-state index contributed by atoms with van der Waals surface area (Å²) in [7, 11) is 0. The van der Waals surface area contributed by atoms with Crippen molar-refractivity contribution in [3.05, 3.63) is 58.5 Å². The molecule has 0 unspecified atom stereocenters. The monoisotopic (exact) mass is 276 g/mol. The van der Waals surface area contributed by atoms with Crippen LogP contribution in [0.4, 0.5) is 17.1 Å². The van der Waals surface area contributed by atoms with Crippen molar-refractivity contribution in [2.24, 2.45) is 0 Å². The Morgan fingerprint density at radius 3 is 3.00 bits per heavy atom. The number of nitrogens with two attached hydrogens (primary N) is 1. The van der Waals surface area contributed by atoms with Crippen LogP contribution < -0.4 is 16.6 Å². The molecule has 0 fully saturated rings. The minimum atomic E-state index is -0.365. The van der Waals surface area contributed by atoms with Gasteiger partial charge in [-0.15, -0.1) is 6.58 Å². The first kappa shape index (κ1) is 13.2. The molecule has 1 aromatic heterocycles. The lowest BCUT2D eigenvalue weighted by atomic mass is 10.3. The van der Waals surface area contributed by atoms with Gasteiger partial charge >= 0.3 is 0 Å². The van der Waals surface area contributed by atoms with E-state index < -0.39 is 0 Å². The van der Waals surface area contributed by atoms with Crippen molar-refractivity contribution in [2.45, 2.75) is 6.54 Å². The first-order valence-electron chi connectivity index (χ1n) is 5.61. The molecule has 0 saturated heterocycles. The predicted molar refractivity (Wildman–Crippen MR) is 77.8 cm³/mol. The second kappa shape index (κ2) is 5.58. The first-order chi connectivity index (χ1) is 9.11. The van der Waals surface area contributed by atoms with Crippen molar-refractivity contribution in [3.8, 4) is 0 Å². The molecular weight excluding hydrogens is 264 g/mol. The molecule has 0 amide bonds. The van der Waals surface area contributed by atoms with Gasteiger partial charge in [0.15, 0.2) is 0 Å². The van der Waals surface area contributed by atoms with Crippen LogP contribution in [0.15, 0.2) is 47.9 Å². The largest absolute Gasteiger partial charge is 0.399 e. The van der Waals surface area contributed by atoms with Crippen molar-refractivity contribution in [2.75, 3.05) is 11.1 Å². The number of aromatic nitrogens is 2. The molecule has 0 aliphatic heterocycles. The average Bonchev–Trinajstić information content (AvgIpc) is 2.39. The van der Waals surface area contributed by atoms with Gasteiger partial charge in [-0.05, 0) is 18.2 Å². The van der Waals surface area contributed by atoms with E-state index in [0.717, 1.165) is 5.69 Å². The van der Waals surface area contributed by atoms with Gasteiger partial charge in [-0.2, -0.15) is 5.10 Å². The number of benzene rings is 1. The number of rotatable bonds is 4. The number of anilines is 3. The summed E-state index contributed by atoms with van der Waals surface area (Å²) in [6.45, 7) is 3.87. The van der Waals surface area contributed by atoms with Crippen molar-refractivity contribution in [1.29, 1.82) is 0 Å². The van der Waals surface area contributed by atoms with Gasteiger partial charge in [0.1, 0.15) is 5.02 Å². The maximum absolute atomic E-state index is 11.9. The summed E-state index contributed by atoms with van der Waals surface area (Å²) in [4.78, 5) is 11.9. The van der Waals surface area contributed by atoms with Crippen molar-refractivity contribution in [1.82, 2.24) is 9.78 Å². The molecule has 0 bridgehead atoms. The minimum Gasteiger partial charge on any atom is -0.399 e. The molecule has 3 N–H and O–H groups in total. The number of allylic oxidation sites excluding steroid dienone is 1. The third-order valence-corrected chi connectivity index (χ3v) is 2.82. The Balaban J connectivity index is 2.34. The Labute approximate surface area is 115 Å². The number of nitrogen functional groups attached to an aromatic ring is 1. The molecular formula is C13H13ClN4O. The molecule has 1 heterocycles. The average molecular weight is 277 g/mol. The number of nitrogens with one attached hydrogen (secondary N) is 1. The van der Waals surface area contributed by atoms with Crippen molar-refractivity contribution >= 4 is 28.7 Å². The van der Waals surface area contributed by atoms with Crippen LogP contribution in [0.1, 0.15) is 0 Å². The molecule has 0 saturated carbocycles. The molecule has 2 aromatic rings. The zero-order valence-electron chi connectivity index (χ0n) is 10.1. The van der Waals surface area contributed by atoms with Crippen LogP contribution in [-0.4, -0.2) is 9.78 Å². The lowest BCUT2D eigenvalue weighted by molar-refractivity contribution is 0.653. The third kappa shape index (κ3) is 2.95. The Morgan fingerprint density at radius 2 is 2.32 bits per heavy atom. The van der Waals surface area contributed by atoms with E-state index in [9.17, 15) is 4.79 Å². The summed E-state index contributed by atoms with van der Waals surface area (Å²) >= 11 is 6.02. The zero-order valence-corrected chi connectivity index (χ0v) is 10.9. The summed E-state index contributed by atoms with van der Waals surface area (Å²) < 4.78 is 1.24. The van der Waals surface area contributed by atoms with Crippen LogP contribution in [-0.2, 0) is 6.54 Å². The molecule has 19 heavy (non-hydrogen) atoms. The van der Waals surface area contributed by atoms with Gasteiger partial charge in [0, 0.05) is 11.4 Å². The normalized spacial score (nSPS) is 10.2. The predicted octanol–water partition coefficient (Wildman–Crippen LogP) is 2.41. The lowest BCUT2D eigenvalue weighted by Crippen LogP contribution is -2.23. The van der Waals surface area contributed by atoms with Gasteiger partial charge in [-0.1, -0.05) is 23.7 Å². The zero-order chi connectivity index (χ0) is 13.8. The maximum atomic E-state index is 11.9. The number of hydrogen-bond acceptors (Lipinski definition) is 4. The number of nitrogens with zero attached hydrogens (tertiary/aromatic N) is 2. The van der Waals surface area contributed by atoms with Gasteiger partial charge in [-0.25, -0.2) is 4.68 Å². The fraction of sp³-hybridized carbons (Fsp3) is 0.0769. The Morgan fingerprint density at radius 1 is 1.53 bits per heavy atom. The van der Waals surface area contributed by atoms with E-state index in [4.69, 9.17) is 17.3 Å². The molecule has 0 radical (unpaired) electrons. The van der Waals surface area contributed by atoms with E-state index in [-0.39, 0.29) is 10.6 Å². The minimum absolute atomic E-state index is 0.0827. The van der Waals surface area contributed by atoms with Crippen LogP contribution >= 0.6 is 11.6 Å². The van der Waals surface area contributed by atoms with Crippen LogP contribution in [0.2, 0.25) is 5.02 Å². The summed E-state index contributed by atoms with van der Waals surface area (Å²) in [5.74, 6) is 0. The number of hydrogen-bond donors (Lipinski definition) is 2. The second-order valence-corrected chi connectivity index (χ2v) is 4.28. The quantitative estimate of drug-likeness (QED) is 0.664. The van der Waals surface area contributed by atoms with Crippen LogP contribution in [0.25, 0.3) is 0 Å². The van der Waals surface area contributed by atoms with Crippen LogP contribution in [0, 0.1) is 0 Å². The standard InChI is InChI=1S/C13H13ClN4O/c1-2-6-18-13(19)12(14)11(8-16-18)17-10-5-3-4-9(15)7-10/h2-5,7-8,17H,1,6,15H2. The SMILES string of the molecule is C=CCn1ncc(Nc2cccc(N)c2)c(Cl)c1=O. The number of halogens is 1. The van der Waals surface area contributed by atoms with Crippen molar-refractivity contribution in [3.63, 3.8) is 0 Å². The van der Waals surface area contributed by atoms with Gasteiger partial charge in [0.2, 0.25) is 0 Å². The molecule has 0 aliphatic carbocycles. The van der Waals surface area contributed by atoms with E-state index in [1.165, 1.54) is 10.9 Å². The lowest BCUT2D eigenvalue weighted by Gasteiger charge is -2.09. The maximum Gasteiger partial charge on any atom is 0.287 e. The van der Waals surface area contributed by atoms with E-state index >= 15 is 0 Å². The molecule has 0 spiro atoms. The van der Waals surface area contributed by atoms with Gasteiger partial charge in [0.25, 0.3) is 5.56 Å². The Bertz CT molecular complexity index is 666. The molecule has 5 nitrogen and oxygen atoms in total. The Kier molecular flexibility index (Phi) is 3.87. The van der Waals surface area contributed by atoms with Crippen molar-refractivity contribution < 1.29 is 0 Å². The van der Waals surface area contributed by atoms with Crippen LogP contribution in [0.3, 0.4) is 0 Å². The molecule has 0 atom stereocenters. The molecule has 98 valence electrons. The highest BCUT2D eigenvalue weighted by molar-refractivity contribution is 6.33. The van der Waals surface area contributed by atoms with Crippen LogP contribution in [0.5, 0.6) is 0 Å². The van der Waals surface area contributed by atoms with Gasteiger partial charge in [0.05, 0.1) is 18.4 Å². The molecule has 0 aliphatic rings. The fourth-order valence-corrected chi connectivity index (χ4v) is 1.77. The Hall–Kier alpha value is -2.27. The molecule has 6 heteroatoms. The summed E-state index contributed by atoms with van der Waals surface area (Å²) in [6, 6.07) is 7.14. The highest BCUT2D eigenvalue weighted by atomic mass is 35.5. The molecule has 1 aromatic carbocycles. The second-order valence-electron chi connectivity index (χ2n) is 3.90. The smallest absolute Gasteiger partial charge is 0.287 e. The third-order valence-electron chi connectivity index (χ3n) is 2.45. The van der Waals surface area contributed by atoms with E-state index in [1.807, 2.05) is 6.07 Å². The van der Waals surface area contributed by atoms with Gasteiger partial charge < -0.3 is 11.1 Å². The van der Waals surface area contributed by atoms with E-state index in [1.54, 1.807) is 24.3 Å². The fourth-order valence-electron chi connectivity index (χ4n) is 1.58. The van der Waals surface area contributed by atoms with E-state index in [2.05, 4.69) is 17.0 Å².